The number of amides is 2. The van der Waals surface area contributed by atoms with Crippen molar-refractivity contribution in [3.63, 3.8) is 0 Å². The van der Waals surface area contributed by atoms with Gasteiger partial charge in [-0.25, -0.2) is 9.67 Å². The lowest BCUT2D eigenvalue weighted by atomic mass is 10.1. The Bertz CT molecular complexity index is 1190. The highest BCUT2D eigenvalue weighted by Gasteiger charge is 2.35. The third kappa shape index (κ3) is 5.82. The average molecular weight is 500 g/mol. The van der Waals surface area contributed by atoms with Crippen LogP contribution in [0.3, 0.4) is 0 Å². The molecule has 2 amide bonds. The quantitative estimate of drug-likeness (QED) is 0.504. The molecule has 1 aromatic carbocycles. The van der Waals surface area contributed by atoms with Crippen LogP contribution in [0.4, 0.5) is 18.9 Å². The van der Waals surface area contributed by atoms with Crippen LogP contribution >= 0.6 is 23.2 Å². The van der Waals surface area contributed by atoms with Crippen LogP contribution in [0.5, 0.6) is 0 Å². The standard InChI is InChI=1S/C21H18Cl2F3N5O2/c1-11(2)28-20(33)13-5-3-6-14(22)18(13)29-17(32)10-12-9-16(21(24,25)26)30-31(12)19-15(23)7-4-8-27-19/h3-9,11H,10H2,1-2H3,(H,28,33)(H,29,32). The Hall–Kier alpha value is -3.11. The monoisotopic (exact) mass is 499 g/mol. The maximum Gasteiger partial charge on any atom is 0.435 e. The maximum absolute atomic E-state index is 13.3. The molecule has 174 valence electrons. The highest BCUT2D eigenvalue weighted by molar-refractivity contribution is 6.34. The number of hydrogen-bond acceptors (Lipinski definition) is 4. The molecule has 33 heavy (non-hydrogen) atoms. The molecule has 0 atom stereocenters. The molecule has 7 nitrogen and oxygen atoms in total. The van der Waals surface area contributed by atoms with Crippen LogP contribution in [-0.2, 0) is 17.4 Å². The van der Waals surface area contributed by atoms with Crippen LogP contribution in [0.1, 0.15) is 35.6 Å². The molecule has 0 aliphatic carbocycles. The van der Waals surface area contributed by atoms with Gasteiger partial charge in [0.15, 0.2) is 11.5 Å². The maximum atomic E-state index is 13.3. The van der Waals surface area contributed by atoms with Gasteiger partial charge in [0.1, 0.15) is 0 Å². The molecule has 0 radical (unpaired) electrons. The first-order chi connectivity index (χ1) is 15.5. The number of anilines is 1. The number of halogens is 5. The smallest absolute Gasteiger partial charge is 0.350 e. The molecular weight excluding hydrogens is 482 g/mol. The lowest BCUT2D eigenvalue weighted by Crippen LogP contribution is -2.31. The summed E-state index contributed by atoms with van der Waals surface area (Å²) in [6.45, 7) is 3.53. The topological polar surface area (TPSA) is 88.9 Å². The number of benzene rings is 1. The fourth-order valence-electron chi connectivity index (χ4n) is 2.93. The van der Waals surface area contributed by atoms with Crippen LogP contribution in [0, 0.1) is 0 Å². The fourth-order valence-corrected chi connectivity index (χ4v) is 3.35. The molecule has 2 aromatic heterocycles. The van der Waals surface area contributed by atoms with E-state index in [0.29, 0.717) is 0 Å². The first-order valence-corrected chi connectivity index (χ1v) is 10.4. The summed E-state index contributed by atoms with van der Waals surface area (Å²) in [6.07, 6.45) is -3.93. The Morgan fingerprint density at radius 2 is 1.82 bits per heavy atom. The second-order valence-corrected chi connectivity index (χ2v) is 8.07. The third-order valence-corrected chi connectivity index (χ3v) is 4.91. The van der Waals surface area contributed by atoms with Gasteiger partial charge in [0.25, 0.3) is 5.91 Å². The van der Waals surface area contributed by atoms with E-state index < -0.39 is 30.1 Å². The van der Waals surface area contributed by atoms with E-state index >= 15 is 0 Å². The lowest BCUT2D eigenvalue weighted by molar-refractivity contribution is -0.141. The molecule has 2 heterocycles. The first kappa shape index (κ1) is 24.5. The number of pyridine rings is 1. The summed E-state index contributed by atoms with van der Waals surface area (Å²) >= 11 is 12.3. The summed E-state index contributed by atoms with van der Waals surface area (Å²) in [4.78, 5) is 29.2. The minimum absolute atomic E-state index is 0.0419. The second kappa shape index (κ2) is 9.80. The average Bonchev–Trinajstić information content (AvgIpc) is 3.13. The van der Waals surface area contributed by atoms with Crippen molar-refractivity contribution in [1.29, 1.82) is 0 Å². The van der Waals surface area contributed by atoms with Gasteiger partial charge in [0.05, 0.1) is 33.4 Å². The van der Waals surface area contributed by atoms with E-state index in [1.54, 1.807) is 19.9 Å². The first-order valence-electron chi connectivity index (χ1n) is 9.63. The largest absolute Gasteiger partial charge is 0.435 e. The predicted octanol–water partition coefficient (Wildman–Crippen LogP) is 4.91. The highest BCUT2D eigenvalue weighted by atomic mass is 35.5. The van der Waals surface area contributed by atoms with Crippen LogP contribution in [-0.4, -0.2) is 32.6 Å². The van der Waals surface area contributed by atoms with E-state index in [2.05, 4.69) is 20.7 Å². The van der Waals surface area contributed by atoms with E-state index in [9.17, 15) is 22.8 Å². The fraction of sp³-hybridized carbons (Fsp3) is 0.238. The molecule has 3 rings (SSSR count). The summed E-state index contributed by atoms with van der Waals surface area (Å²) in [5, 5.41) is 8.90. The van der Waals surface area contributed by atoms with Gasteiger partial charge in [-0.1, -0.05) is 29.3 Å². The second-order valence-electron chi connectivity index (χ2n) is 7.25. The Morgan fingerprint density at radius 3 is 2.45 bits per heavy atom. The summed E-state index contributed by atoms with van der Waals surface area (Å²) in [5.41, 5.74) is -1.16. The molecule has 12 heteroatoms. The summed E-state index contributed by atoms with van der Waals surface area (Å²) in [5.74, 6) is -1.25. The molecule has 0 aliphatic rings. The van der Waals surface area contributed by atoms with Crippen molar-refractivity contribution in [2.45, 2.75) is 32.5 Å². The van der Waals surface area contributed by atoms with Gasteiger partial charge in [-0.3, -0.25) is 9.59 Å². The van der Waals surface area contributed by atoms with Gasteiger partial charge in [-0.05, 0) is 44.2 Å². The number of carbonyl (C=O) groups excluding carboxylic acids is 2. The number of hydrogen-bond donors (Lipinski definition) is 2. The molecule has 0 saturated heterocycles. The molecule has 0 fully saturated rings. The number of carbonyl (C=O) groups is 2. The van der Waals surface area contributed by atoms with Gasteiger partial charge < -0.3 is 10.6 Å². The van der Waals surface area contributed by atoms with Crippen molar-refractivity contribution >= 4 is 40.7 Å². The SMILES string of the molecule is CC(C)NC(=O)c1cccc(Cl)c1NC(=O)Cc1cc(C(F)(F)F)nn1-c1ncccc1Cl. The van der Waals surface area contributed by atoms with Crippen molar-refractivity contribution in [3.8, 4) is 5.82 Å². The van der Waals surface area contributed by atoms with E-state index in [4.69, 9.17) is 23.2 Å². The zero-order chi connectivity index (χ0) is 24.3. The summed E-state index contributed by atoms with van der Waals surface area (Å²) < 4.78 is 40.7. The third-order valence-electron chi connectivity index (χ3n) is 4.30. The molecule has 0 aliphatic heterocycles. The van der Waals surface area contributed by atoms with E-state index in [0.717, 1.165) is 10.7 Å². The van der Waals surface area contributed by atoms with Crippen LogP contribution in [0.25, 0.3) is 5.82 Å². The zero-order valence-corrected chi connectivity index (χ0v) is 18.9. The zero-order valence-electron chi connectivity index (χ0n) is 17.4. The number of para-hydroxylation sites is 1. The van der Waals surface area contributed by atoms with E-state index in [1.807, 2.05) is 0 Å². The Labute approximate surface area is 196 Å². The van der Waals surface area contributed by atoms with E-state index in [1.165, 1.54) is 30.5 Å². The van der Waals surface area contributed by atoms with Gasteiger partial charge in [-0.15, -0.1) is 0 Å². The predicted molar refractivity (Wildman–Crippen MR) is 118 cm³/mol. The lowest BCUT2D eigenvalue weighted by Gasteiger charge is -2.15. The molecule has 2 N–H and O–H groups in total. The number of aromatic nitrogens is 3. The summed E-state index contributed by atoms with van der Waals surface area (Å²) in [7, 11) is 0. The number of rotatable bonds is 6. The Balaban J connectivity index is 1.94. The van der Waals surface area contributed by atoms with Crippen molar-refractivity contribution in [2.75, 3.05) is 5.32 Å². The summed E-state index contributed by atoms with van der Waals surface area (Å²) in [6, 6.07) is 8.00. The minimum Gasteiger partial charge on any atom is -0.350 e. The molecule has 0 bridgehead atoms. The normalized spacial score (nSPS) is 11.5. The van der Waals surface area contributed by atoms with Crippen molar-refractivity contribution in [1.82, 2.24) is 20.1 Å². The van der Waals surface area contributed by atoms with Crippen LogP contribution in [0.2, 0.25) is 10.0 Å². The van der Waals surface area contributed by atoms with Crippen molar-refractivity contribution in [2.24, 2.45) is 0 Å². The molecule has 3 aromatic rings. The number of alkyl halides is 3. The highest BCUT2D eigenvalue weighted by Crippen LogP contribution is 2.31. The van der Waals surface area contributed by atoms with Gasteiger partial charge in [0.2, 0.25) is 5.91 Å². The van der Waals surface area contributed by atoms with Gasteiger partial charge in [0, 0.05) is 12.2 Å². The van der Waals surface area contributed by atoms with Crippen molar-refractivity contribution in [3.05, 3.63) is 69.6 Å². The molecule has 0 saturated carbocycles. The minimum atomic E-state index is -4.75. The number of nitrogens with zero attached hydrogens (tertiary/aromatic N) is 3. The Kier molecular flexibility index (Phi) is 7.28. The Morgan fingerprint density at radius 1 is 1.12 bits per heavy atom. The van der Waals surface area contributed by atoms with Crippen LogP contribution < -0.4 is 10.6 Å². The van der Waals surface area contributed by atoms with Crippen LogP contribution in [0.15, 0.2) is 42.6 Å². The van der Waals surface area contributed by atoms with E-state index in [-0.39, 0.29) is 38.8 Å². The molecular formula is C21H18Cl2F3N5O2. The number of nitrogens with one attached hydrogen (secondary N) is 2. The molecule has 0 spiro atoms. The molecule has 0 unspecified atom stereocenters. The van der Waals surface area contributed by atoms with Gasteiger partial charge >= 0.3 is 6.18 Å². The van der Waals surface area contributed by atoms with Crippen molar-refractivity contribution < 1.29 is 22.8 Å². The van der Waals surface area contributed by atoms with Gasteiger partial charge in [-0.2, -0.15) is 18.3 Å².